The van der Waals surface area contributed by atoms with Crippen molar-refractivity contribution in [2.45, 2.75) is 20.0 Å². The normalized spacial score (nSPS) is 12.9. The average molecular weight is 320 g/mol. The van der Waals surface area contributed by atoms with E-state index in [0.29, 0.717) is 12.4 Å². The van der Waals surface area contributed by atoms with E-state index in [4.69, 9.17) is 4.74 Å². The van der Waals surface area contributed by atoms with Crippen LogP contribution in [0.15, 0.2) is 42.6 Å². The van der Waals surface area contributed by atoms with E-state index < -0.39 is 10.0 Å². The van der Waals surface area contributed by atoms with Gasteiger partial charge in [0.15, 0.2) is 0 Å². The summed E-state index contributed by atoms with van der Waals surface area (Å²) in [7, 11) is -3.30. The Hall–Kier alpha value is -1.92. The molecule has 1 aromatic carbocycles. The Bertz CT molecular complexity index is 710. The van der Waals surface area contributed by atoms with Gasteiger partial charge in [-0.25, -0.2) is 13.4 Å². The van der Waals surface area contributed by atoms with E-state index in [1.54, 1.807) is 12.3 Å². The van der Waals surface area contributed by atoms with E-state index >= 15 is 0 Å². The van der Waals surface area contributed by atoms with Crippen LogP contribution in [0, 0.1) is 0 Å². The lowest BCUT2D eigenvalue weighted by Crippen LogP contribution is -2.10. The minimum absolute atomic E-state index is 0.0681. The SMILES string of the molecule is CCO[C@H](C)c1ccc(-c2ccc(NS(C)(=O)=O)nc2)cc1. The summed E-state index contributed by atoms with van der Waals surface area (Å²) in [5, 5.41) is 0. The standard InChI is InChI=1S/C16H20N2O3S/c1-4-21-12(2)13-5-7-14(8-6-13)15-9-10-16(17-11-15)18-22(3,19)20/h5-12H,4H2,1-3H3,(H,17,18)/t12-/m1/s1. The van der Waals surface area contributed by atoms with Crippen LogP contribution in [0.25, 0.3) is 11.1 Å². The number of aromatic nitrogens is 1. The van der Waals surface area contributed by atoms with Gasteiger partial charge in [0.2, 0.25) is 10.0 Å². The quantitative estimate of drug-likeness (QED) is 0.887. The van der Waals surface area contributed by atoms with Crippen molar-refractivity contribution in [3.05, 3.63) is 48.2 Å². The Labute approximate surface area is 131 Å². The molecule has 0 bridgehead atoms. The molecule has 0 unspecified atom stereocenters. The maximum absolute atomic E-state index is 11.1. The smallest absolute Gasteiger partial charge is 0.230 e. The molecule has 2 aromatic rings. The van der Waals surface area contributed by atoms with Crippen LogP contribution >= 0.6 is 0 Å². The molecule has 0 spiro atoms. The largest absolute Gasteiger partial charge is 0.374 e. The fourth-order valence-corrected chi connectivity index (χ4v) is 2.61. The molecule has 0 saturated heterocycles. The minimum Gasteiger partial charge on any atom is -0.374 e. The van der Waals surface area contributed by atoms with Crippen LogP contribution < -0.4 is 4.72 Å². The van der Waals surface area contributed by atoms with Crippen molar-refractivity contribution in [3.8, 4) is 11.1 Å². The Morgan fingerprint density at radius 3 is 2.27 bits per heavy atom. The molecule has 1 atom stereocenters. The molecule has 5 nitrogen and oxygen atoms in total. The number of anilines is 1. The Kier molecular flexibility index (Phi) is 5.15. The Balaban J connectivity index is 2.15. The molecule has 1 N–H and O–H groups in total. The first-order valence-electron chi connectivity index (χ1n) is 7.05. The molecular formula is C16H20N2O3S. The van der Waals surface area contributed by atoms with Crippen molar-refractivity contribution in [2.24, 2.45) is 0 Å². The molecule has 1 heterocycles. The second-order valence-corrected chi connectivity index (χ2v) is 6.77. The van der Waals surface area contributed by atoms with Gasteiger partial charge in [-0.3, -0.25) is 4.72 Å². The third-order valence-electron chi connectivity index (χ3n) is 3.18. The minimum atomic E-state index is -3.30. The summed E-state index contributed by atoms with van der Waals surface area (Å²) in [4.78, 5) is 4.11. The lowest BCUT2D eigenvalue weighted by Gasteiger charge is -2.12. The number of rotatable bonds is 6. The van der Waals surface area contributed by atoms with Gasteiger partial charge >= 0.3 is 0 Å². The summed E-state index contributed by atoms with van der Waals surface area (Å²) in [5.41, 5.74) is 3.06. The lowest BCUT2D eigenvalue weighted by atomic mass is 10.0. The van der Waals surface area contributed by atoms with Crippen molar-refractivity contribution in [1.82, 2.24) is 4.98 Å². The van der Waals surface area contributed by atoms with Gasteiger partial charge in [0.1, 0.15) is 5.82 Å². The van der Waals surface area contributed by atoms with Crippen molar-refractivity contribution in [1.29, 1.82) is 0 Å². The zero-order chi connectivity index (χ0) is 16.2. The number of hydrogen-bond acceptors (Lipinski definition) is 4. The third-order valence-corrected chi connectivity index (χ3v) is 3.76. The van der Waals surface area contributed by atoms with Gasteiger partial charge in [0.05, 0.1) is 12.4 Å². The fraction of sp³-hybridized carbons (Fsp3) is 0.312. The Morgan fingerprint density at radius 2 is 1.77 bits per heavy atom. The van der Waals surface area contributed by atoms with Crippen LogP contribution in [0.3, 0.4) is 0 Å². The molecule has 0 radical (unpaired) electrons. The number of nitrogens with zero attached hydrogens (tertiary/aromatic N) is 1. The van der Waals surface area contributed by atoms with Crippen LogP contribution in [0.2, 0.25) is 0 Å². The number of benzene rings is 1. The number of pyridine rings is 1. The van der Waals surface area contributed by atoms with Gasteiger partial charge in [0, 0.05) is 18.4 Å². The van der Waals surface area contributed by atoms with Crippen molar-refractivity contribution >= 4 is 15.8 Å². The molecule has 0 fully saturated rings. The third kappa shape index (κ3) is 4.54. The fourth-order valence-electron chi connectivity index (χ4n) is 2.11. The second-order valence-electron chi connectivity index (χ2n) is 5.03. The van der Waals surface area contributed by atoms with Crippen molar-refractivity contribution in [2.75, 3.05) is 17.6 Å². The van der Waals surface area contributed by atoms with Gasteiger partial charge in [-0.2, -0.15) is 0 Å². The van der Waals surface area contributed by atoms with Crippen molar-refractivity contribution in [3.63, 3.8) is 0 Å². The zero-order valence-corrected chi connectivity index (χ0v) is 13.7. The Morgan fingerprint density at radius 1 is 1.14 bits per heavy atom. The summed E-state index contributed by atoms with van der Waals surface area (Å²) < 4.78 is 30.2. The highest BCUT2D eigenvalue weighted by molar-refractivity contribution is 7.92. The van der Waals surface area contributed by atoms with E-state index in [2.05, 4.69) is 9.71 Å². The van der Waals surface area contributed by atoms with Crippen LogP contribution in [0.4, 0.5) is 5.82 Å². The average Bonchev–Trinajstić information content (AvgIpc) is 2.47. The van der Waals surface area contributed by atoms with Gasteiger partial charge < -0.3 is 4.74 Å². The van der Waals surface area contributed by atoms with E-state index in [1.165, 1.54) is 0 Å². The van der Waals surface area contributed by atoms with Crippen LogP contribution in [0.5, 0.6) is 0 Å². The number of sulfonamides is 1. The first-order valence-corrected chi connectivity index (χ1v) is 8.94. The van der Waals surface area contributed by atoms with Crippen LogP contribution in [-0.2, 0) is 14.8 Å². The van der Waals surface area contributed by atoms with Crippen LogP contribution in [-0.4, -0.2) is 26.3 Å². The molecule has 0 aliphatic carbocycles. The number of hydrogen-bond donors (Lipinski definition) is 1. The summed E-state index contributed by atoms with van der Waals surface area (Å²) >= 11 is 0. The van der Waals surface area contributed by atoms with E-state index in [0.717, 1.165) is 22.9 Å². The van der Waals surface area contributed by atoms with Gasteiger partial charge in [-0.1, -0.05) is 24.3 Å². The number of nitrogens with one attached hydrogen (secondary N) is 1. The summed E-state index contributed by atoms with van der Waals surface area (Å²) in [6.07, 6.45) is 2.81. The molecule has 6 heteroatoms. The van der Waals surface area contributed by atoms with Gasteiger partial charge in [0.25, 0.3) is 0 Å². The van der Waals surface area contributed by atoms with Crippen molar-refractivity contribution < 1.29 is 13.2 Å². The van der Waals surface area contributed by atoms with Gasteiger partial charge in [-0.05, 0) is 37.1 Å². The molecule has 22 heavy (non-hydrogen) atoms. The van der Waals surface area contributed by atoms with Gasteiger partial charge in [-0.15, -0.1) is 0 Å². The maximum Gasteiger partial charge on any atom is 0.230 e. The predicted molar refractivity (Wildman–Crippen MR) is 88.2 cm³/mol. The first-order chi connectivity index (χ1) is 10.4. The predicted octanol–water partition coefficient (Wildman–Crippen LogP) is 3.22. The summed E-state index contributed by atoms with van der Waals surface area (Å²) in [6, 6.07) is 11.5. The lowest BCUT2D eigenvalue weighted by molar-refractivity contribution is 0.0764. The monoisotopic (exact) mass is 320 g/mol. The molecule has 0 amide bonds. The van der Waals surface area contributed by atoms with E-state index in [-0.39, 0.29) is 6.10 Å². The van der Waals surface area contributed by atoms with E-state index in [1.807, 2.05) is 44.2 Å². The molecule has 1 aromatic heterocycles. The highest BCUT2D eigenvalue weighted by Crippen LogP contribution is 2.23. The topological polar surface area (TPSA) is 68.3 Å². The molecule has 118 valence electrons. The number of ether oxygens (including phenoxy) is 1. The molecule has 0 aliphatic rings. The molecule has 2 rings (SSSR count). The summed E-state index contributed by atoms with van der Waals surface area (Å²) in [6.45, 7) is 4.68. The maximum atomic E-state index is 11.1. The summed E-state index contributed by atoms with van der Waals surface area (Å²) in [5.74, 6) is 0.313. The molecule has 0 aliphatic heterocycles. The zero-order valence-electron chi connectivity index (χ0n) is 12.9. The highest BCUT2D eigenvalue weighted by Gasteiger charge is 2.06. The highest BCUT2D eigenvalue weighted by atomic mass is 32.2. The molecular weight excluding hydrogens is 300 g/mol. The first kappa shape index (κ1) is 16.5. The van der Waals surface area contributed by atoms with Crippen LogP contribution in [0.1, 0.15) is 25.5 Å². The second kappa shape index (κ2) is 6.89. The molecule has 0 saturated carbocycles. The van der Waals surface area contributed by atoms with E-state index in [9.17, 15) is 8.42 Å².